The monoisotopic (exact) mass is 516 g/mol. The lowest BCUT2D eigenvalue weighted by Gasteiger charge is -2.34. The van der Waals surface area contributed by atoms with E-state index in [0.717, 1.165) is 37.7 Å². The SMILES string of the molecule is CN(C(=O)c1cccc(NC(=O)Cc2ccc(NC(=O)C3CCN(C(=O)C4CC4)CC3)cc2)c1)C1CCC1. The summed E-state index contributed by atoms with van der Waals surface area (Å²) in [5.74, 6) is 0.151. The number of nitrogens with one attached hydrogen (secondary N) is 2. The van der Waals surface area contributed by atoms with Gasteiger partial charge in [-0.1, -0.05) is 18.2 Å². The van der Waals surface area contributed by atoms with Crippen molar-refractivity contribution in [3.63, 3.8) is 0 Å². The molecule has 2 aromatic carbocycles. The summed E-state index contributed by atoms with van der Waals surface area (Å²) in [5, 5.41) is 5.86. The molecule has 8 heteroatoms. The first-order valence-corrected chi connectivity index (χ1v) is 13.7. The van der Waals surface area contributed by atoms with Crippen LogP contribution in [-0.2, 0) is 20.8 Å². The molecule has 4 amide bonds. The third-order valence-electron chi connectivity index (χ3n) is 8.03. The number of anilines is 2. The highest BCUT2D eigenvalue weighted by molar-refractivity contribution is 5.98. The summed E-state index contributed by atoms with van der Waals surface area (Å²) in [7, 11) is 1.84. The zero-order valence-corrected chi connectivity index (χ0v) is 21.9. The summed E-state index contributed by atoms with van der Waals surface area (Å²) >= 11 is 0. The van der Waals surface area contributed by atoms with E-state index in [1.54, 1.807) is 29.2 Å². The second-order valence-corrected chi connectivity index (χ2v) is 10.9. The molecule has 2 aliphatic carbocycles. The summed E-state index contributed by atoms with van der Waals surface area (Å²) in [6.45, 7) is 1.30. The molecule has 0 atom stereocenters. The molecule has 0 unspecified atom stereocenters. The Kier molecular flexibility index (Phi) is 7.77. The number of nitrogens with zero attached hydrogens (tertiary/aromatic N) is 2. The number of rotatable bonds is 8. The largest absolute Gasteiger partial charge is 0.342 e. The van der Waals surface area contributed by atoms with Gasteiger partial charge in [0, 0.05) is 55.0 Å². The summed E-state index contributed by atoms with van der Waals surface area (Å²) in [4.78, 5) is 54.0. The fraction of sp³-hybridized carbons (Fsp3) is 0.467. The van der Waals surface area contributed by atoms with Crippen molar-refractivity contribution in [2.75, 3.05) is 30.8 Å². The molecule has 200 valence electrons. The van der Waals surface area contributed by atoms with Crippen molar-refractivity contribution in [3.8, 4) is 0 Å². The second kappa shape index (κ2) is 11.4. The molecule has 0 aromatic heterocycles. The van der Waals surface area contributed by atoms with Gasteiger partial charge in [0.15, 0.2) is 0 Å². The Hall–Kier alpha value is -3.68. The molecule has 0 bridgehead atoms. The maximum absolute atomic E-state index is 12.8. The number of carbonyl (C=O) groups is 4. The first-order chi connectivity index (χ1) is 18.4. The predicted octanol–water partition coefficient (Wildman–Crippen LogP) is 4.08. The van der Waals surface area contributed by atoms with Crippen molar-refractivity contribution < 1.29 is 19.2 Å². The van der Waals surface area contributed by atoms with Gasteiger partial charge in [-0.3, -0.25) is 19.2 Å². The van der Waals surface area contributed by atoms with E-state index in [9.17, 15) is 19.2 Å². The van der Waals surface area contributed by atoms with Crippen molar-refractivity contribution >= 4 is 35.0 Å². The van der Waals surface area contributed by atoms with E-state index in [-0.39, 0.29) is 41.9 Å². The maximum atomic E-state index is 12.8. The number of benzene rings is 2. The molecule has 2 saturated carbocycles. The van der Waals surface area contributed by atoms with Crippen LogP contribution in [0.15, 0.2) is 48.5 Å². The summed E-state index contributed by atoms with van der Waals surface area (Å²) in [6, 6.07) is 14.6. The average molecular weight is 517 g/mol. The van der Waals surface area contributed by atoms with E-state index in [2.05, 4.69) is 10.6 Å². The van der Waals surface area contributed by atoms with Gasteiger partial charge in [-0.2, -0.15) is 0 Å². The van der Waals surface area contributed by atoms with Crippen molar-refractivity contribution in [2.45, 2.75) is 57.4 Å². The highest BCUT2D eigenvalue weighted by Crippen LogP contribution is 2.32. The van der Waals surface area contributed by atoms with E-state index in [0.29, 0.717) is 48.9 Å². The highest BCUT2D eigenvalue weighted by atomic mass is 16.2. The minimum atomic E-state index is -0.175. The molecule has 2 N–H and O–H groups in total. The van der Waals surface area contributed by atoms with Crippen LogP contribution in [0.1, 0.15) is 60.9 Å². The lowest BCUT2D eigenvalue weighted by atomic mass is 9.91. The van der Waals surface area contributed by atoms with Crippen molar-refractivity contribution in [3.05, 3.63) is 59.7 Å². The van der Waals surface area contributed by atoms with Crippen LogP contribution in [0.4, 0.5) is 11.4 Å². The second-order valence-electron chi connectivity index (χ2n) is 10.9. The number of likely N-dealkylation sites (tertiary alicyclic amines) is 1. The van der Waals surface area contributed by atoms with Gasteiger partial charge in [-0.15, -0.1) is 0 Å². The lowest BCUT2D eigenvalue weighted by molar-refractivity contribution is -0.135. The van der Waals surface area contributed by atoms with E-state index >= 15 is 0 Å². The van der Waals surface area contributed by atoms with Crippen molar-refractivity contribution in [2.24, 2.45) is 11.8 Å². The zero-order valence-electron chi connectivity index (χ0n) is 21.9. The van der Waals surface area contributed by atoms with Crippen LogP contribution < -0.4 is 10.6 Å². The van der Waals surface area contributed by atoms with Gasteiger partial charge in [-0.25, -0.2) is 0 Å². The van der Waals surface area contributed by atoms with E-state index in [4.69, 9.17) is 0 Å². The highest BCUT2D eigenvalue weighted by Gasteiger charge is 2.36. The van der Waals surface area contributed by atoms with Gasteiger partial charge < -0.3 is 20.4 Å². The molecule has 3 fully saturated rings. The zero-order chi connectivity index (χ0) is 26.6. The summed E-state index contributed by atoms with van der Waals surface area (Å²) in [5.41, 5.74) is 2.68. The lowest BCUT2D eigenvalue weighted by Crippen LogP contribution is -2.42. The first-order valence-electron chi connectivity index (χ1n) is 13.7. The normalized spacial score (nSPS) is 17.9. The molecular weight excluding hydrogens is 480 g/mol. The predicted molar refractivity (Wildman–Crippen MR) is 146 cm³/mol. The van der Waals surface area contributed by atoms with Crippen LogP contribution in [-0.4, -0.2) is 59.6 Å². The van der Waals surface area contributed by atoms with Gasteiger partial charge >= 0.3 is 0 Å². The van der Waals surface area contributed by atoms with Crippen LogP contribution in [0.25, 0.3) is 0 Å². The molecule has 3 aliphatic rings. The Morgan fingerprint density at radius 1 is 0.842 bits per heavy atom. The Bertz CT molecular complexity index is 1190. The van der Waals surface area contributed by atoms with Crippen LogP contribution in [0, 0.1) is 11.8 Å². The van der Waals surface area contributed by atoms with E-state index < -0.39 is 0 Å². The van der Waals surface area contributed by atoms with Crippen LogP contribution in [0.3, 0.4) is 0 Å². The molecule has 1 saturated heterocycles. The van der Waals surface area contributed by atoms with Gasteiger partial charge in [0.05, 0.1) is 6.42 Å². The Labute approximate surface area is 223 Å². The molecule has 8 nitrogen and oxygen atoms in total. The fourth-order valence-corrected chi connectivity index (χ4v) is 5.16. The van der Waals surface area contributed by atoms with Crippen LogP contribution in [0.5, 0.6) is 0 Å². The van der Waals surface area contributed by atoms with E-state index in [1.165, 1.54) is 0 Å². The Morgan fingerprint density at radius 2 is 1.55 bits per heavy atom. The molecule has 2 aromatic rings. The molecule has 5 rings (SSSR count). The van der Waals surface area contributed by atoms with Gasteiger partial charge in [0.2, 0.25) is 17.7 Å². The smallest absolute Gasteiger partial charge is 0.253 e. The minimum Gasteiger partial charge on any atom is -0.342 e. The van der Waals surface area contributed by atoms with Gasteiger partial charge in [0.25, 0.3) is 5.91 Å². The summed E-state index contributed by atoms with van der Waals surface area (Å²) in [6.07, 6.45) is 6.81. The number of amides is 4. The molecular formula is C30H36N4O4. The molecule has 1 heterocycles. The van der Waals surface area contributed by atoms with Crippen LogP contribution in [0.2, 0.25) is 0 Å². The quantitative estimate of drug-likeness (QED) is 0.552. The Morgan fingerprint density at radius 3 is 2.18 bits per heavy atom. The minimum absolute atomic E-state index is 0.0219. The maximum Gasteiger partial charge on any atom is 0.253 e. The number of piperidine rings is 1. The topological polar surface area (TPSA) is 98.8 Å². The van der Waals surface area contributed by atoms with Gasteiger partial charge in [0.1, 0.15) is 0 Å². The molecule has 0 radical (unpaired) electrons. The Balaban J connectivity index is 1.08. The molecule has 38 heavy (non-hydrogen) atoms. The average Bonchev–Trinajstić information content (AvgIpc) is 3.74. The van der Waals surface area contributed by atoms with E-state index in [1.807, 2.05) is 36.2 Å². The third-order valence-corrected chi connectivity index (χ3v) is 8.03. The van der Waals surface area contributed by atoms with Crippen molar-refractivity contribution in [1.82, 2.24) is 9.80 Å². The number of carbonyl (C=O) groups excluding carboxylic acids is 4. The van der Waals surface area contributed by atoms with Crippen molar-refractivity contribution in [1.29, 1.82) is 0 Å². The standard InChI is InChI=1S/C30H36N4O4/c1-33(26-6-3-7-26)29(37)23-4-2-5-25(19-23)31-27(35)18-20-8-12-24(13-9-20)32-28(36)21-14-16-34(17-15-21)30(38)22-10-11-22/h2,4-5,8-9,12-13,19,21-22,26H,3,6-7,10-11,14-18H2,1H3,(H,31,35)(H,32,36). The molecule has 0 spiro atoms. The first kappa shape index (κ1) is 25.9. The number of hydrogen-bond donors (Lipinski definition) is 2. The third kappa shape index (κ3) is 6.23. The number of hydrogen-bond acceptors (Lipinski definition) is 4. The van der Waals surface area contributed by atoms with Gasteiger partial charge in [-0.05, 0) is 80.8 Å². The van der Waals surface area contributed by atoms with Crippen LogP contribution >= 0.6 is 0 Å². The summed E-state index contributed by atoms with van der Waals surface area (Å²) < 4.78 is 0. The molecule has 1 aliphatic heterocycles. The fourth-order valence-electron chi connectivity index (χ4n) is 5.16.